The van der Waals surface area contributed by atoms with E-state index in [0.29, 0.717) is 18.4 Å². The molecule has 0 aromatic heterocycles. The van der Waals surface area contributed by atoms with Gasteiger partial charge in [-0.1, -0.05) is 24.6 Å². The van der Waals surface area contributed by atoms with Crippen LogP contribution in [-0.2, 0) is 19.7 Å². The molecule has 0 bridgehead atoms. The normalized spacial score (nSPS) is 16.6. The zero-order valence-electron chi connectivity index (χ0n) is 10.6. The van der Waals surface area contributed by atoms with E-state index in [-0.39, 0.29) is 5.97 Å². The van der Waals surface area contributed by atoms with E-state index in [2.05, 4.69) is 0 Å². The number of carbonyl (C=O) groups excluding carboxylic acids is 2. The zero-order chi connectivity index (χ0) is 13.2. The summed E-state index contributed by atoms with van der Waals surface area (Å²) in [5.74, 6) is -0.689. The molecule has 0 aliphatic heterocycles. The van der Waals surface area contributed by atoms with Crippen LogP contribution in [0.4, 0.5) is 0 Å². The van der Waals surface area contributed by atoms with Crippen molar-refractivity contribution in [2.24, 2.45) is 0 Å². The summed E-state index contributed by atoms with van der Waals surface area (Å²) >= 11 is 0. The van der Waals surface area contributed by atoms with Crippen molar-refractivity contribution < 1.29 is 19.1 Å². The number of hydrogen-bond acceptors (Lipinski definition) is 4. The van der Waals surface area contributed by atoms with Gasteiger partial charge in [0, 0.05) is 0 Å². The molecule has 1 aliphatic carbocycles. The highest BCUT2D eigenvalue weighted by Crippen LogP contribution is 2.46. The second kappa shape index (κ2) is 4.80. The van der Waals surface area contributed by atoms with Gasteiger partial charge in [-0.2, -0.15) is 0 Å². The quantitative estimate of drug-likeness (QED) is 0.768. The summed E-state index contributed by atoms with van der Waals surface area (Å²) < 4.78 is 9.65. The summed E-state index contributed by atoms with van der Waals surface area (Å²) in [4.78, 5) is 23.8. The van der Waals surface area contributed by atoms with Gasteiger partial charge in [-0.25, -0.2) is 4.79 Å². The third kappa shape index (κ3) is 1.78. The molecule has 96 valence electrons. The molecule has 1 aliphatic rings. The molecule has 0 N–H and O–H groups in total. The predicted octanol–water partition coefficient (Wildman–Crippen LogP) is 2.07. The van der Waals surface area contributed by atoms with E-state index in [1.165, 1.54) is 14.2 Å². The molecule has 1 aromatic rings. The molecule has 2 rings (SSSR count). The number of ether oxygens (including phenoxy) is 2. The fraction of sp³-hybridized carbons (Fsp3) is 0.429. The summed E-state index contributed by atoms with van der Waals surface area (Å²) in [5.41, 5.74) is 0.500. The van der Waals surface area contributed by atoms with Crippen molar-refractivity contribution in [3.05, 3.63) is 35.4 Å². The molecule has 0 radical (unpaired) electrons. The van der Waals surface area contributed by atoms with Crippen molar-refractivity contribution >= 4 is 11.9 Å². The molecule has 0 unspecified atom stereocenters. The Morgan fingerprint density at radius 1 is 1.11 bits per heavy atom. The van der Waals surface area contributed by atoms with E-state index in [0.717, 1.165) is 12.0 Å². The fourth-order valence-corrected chi connectivity index (χ4v) is 2.50. The number of methoxy groups -OCH3 is 2. The first-order chi connectivity index (χ1) is 8.65. The molecule has 18 heavy (non-hydrogen) atoms. The number of benzene rings is 1. The topological polar surface area (TPSA) is 52.6 Å². The number of hydrogen-bond donors (Lipinski definition) is 0. The van der Waals surface area contributed by atoms with E-state index in [1.54, 1.807) is 12.1 Å². The third-order valence-corrected chi connectivity index (χ3v) is 3.63. The van der Waals surface area contributed by atoms with Gasteiger partial charge in [0.15, 0.2) is 0 Å². The van der Waals surface area contributed by atoms with E-state index >= 15 is 0 Å². The Bertz CT molecular complexity index is 474. The van der Waals surface area contributed by atoms with Gasteiger partial charge < -0.3 is 9.47 Å². The third-order valence-electron chi connectivity index (χ3n) is 3.63. The van der Waals surface area contributed by atoms with Crippen LogP contribution in [0.5, 0.6) is 0 Å². The summed E-state index contributed by atoms with van der Waals surface area (Å²) in [6.07, 6.45) is 2.39. The van der Waals surface area contributed by atoms with Crippen LogP contribution >= 0.6 is 0 Å². The maximum absolute atomic E-state index is 12.0. The van der Waals surface area contributed by atoms with Crippen LogP contribution in [-0.4, -0.2) is 26.2 Å². The van der Waals surface area contributed by atoms with Crippen molar-refractivity contribution in [1.82, 2.24) is 0 Å². The fourth-order valence-electron chi connectivity index (χ4n) is 2.50. The lowest BCUT2D eigenvalue weighted by Crippen LogP contribution is -2.44. The number of carbonyl (C=O) groups is 2. The molecule has 1 saturated carbocycles. The smallest absolute Gasteiger partial charge is 0.338 e. The van der Waals surface area contributed by atoms with Crippen LogP contribution in [0.2, 0.25) is 0 Å². The van der Waals surface area contributed by atoms with E-state index in [9.17, 15) is 9.59 Å². The highest BCUT2D eigenvalue weighted by Gasteiger charge is 2.48. The molecule has 4 heteroatoms. The Labute approximate surface area is 106 Å². The monoisotopic (exact) mass is 248 g/mol. The largest absolute Gasteiger partial charge is 0.468 e. The van der Waals surface area contributed by atoms with Gasteiger partial charge in [-0.3, -0.25) is 4.79 Å². The average molecular weight is 248 g/mol. The van der Waals surface area contributed by atoms with Gasteiger partial charge in [0.25, 0.3) is 0 Å². The zero-order valence-corrected chi connectivity index (χ0v) is 10.6. The molecule has 1 aromatic carbocycles. The molecule has 4 nitrogen and oxygen atoms in total. The van der Waals surface area contributed by atoms with Gasteiger partial charge in [-0.15, -0.1) is 0 Å². The second-order valence-corrected chi connectivity index (χ2v) is 4.46. The summed E-state index contributed by atoms with van der Waals surface area (Å²) in [6.45, 7) is 0. The summed E-state index contributed by atoms with van der Waals surface area (Å²) in [6, 6.07) is 7.08. The first-order valence-corrected chi connectivity index (χ1v) is 5.92. The van der Waals surface area contributed by atoms with E-state index < -0.39 is 11.4 Å². The van der Waals surface area contributed by atoms with Gasteiger partial charge in [0.1, 0.15) is 0 Å². The van der Waals surface area contributed by atoms with Crippen LogP contribution in [0.3, 0.4) is 0 Å². The molecular weight excluding hydrogens is 232 g/mol. The van der Waals surface area contributed by atoms with Gasteiger partial charge in [0.05, 0.1) is 25.2 Å². The molecule has 0 spiro atoms. The SMILES string of the molecule is COC(=O)c1ccccc1C1(C(=O)OC)CCC1. The lowest BCUT2D eigenvalue weighted by atomic mass is 9.63. The first-order valence-electron chi connectivity index (χ1n) is 5.92. The van der Waals surface area contributed by atoms with Gasteiger partial charge >= 0.3 is 11.9 Å². The summed E-state index contributed by atoms with van der Waals surface area (Å²) in [5, 5.41) is 0. The lowest BCUT2D eigenvalue weighted by molar-refractivity contribution is -0.151. The maximum Gasteiger partial charge on any atom is 0.338 e. The van der Waals surface area contributed by atoms with Crippen molar-refractivity contribution in [2.75, 3.05) is 14.2 Å². The standard InChI is InChI=1S/C14H16O4/c1-17-12(15)10-6-3-4-7-11(10)14(8-5-9-14)13(16)18-2/h3-4,6-7H,5,8-9H2,1-2H3. The second-order valence-electron chi connectivity index (χ2n) is 4.46. The van der Waals surface area contributed by atoms with Crippen LogP contribution in [0.1, 0.15) is 35.2 Å². The first kappa shape index (κ1) is 12.6. The van der Waals surface area contributed by atoms with Gasteiger partial charge in [0.2, 0.25) is 0 Å². The van der Waals surface area contributed by atoms with E-state index in [1.807, 2.05) is 12.1 Å². The lowest BCUT2D eigenvalue weighted by Gasteiger charge is -2.40. The van der Waals surface area contributed by atoms with Crippen LogP contribution in [0.15, 0.2) is 24.3 Å². The Kier molecular flexibility index (Phi) is 3.36. The Balaban J connectivity index is 2.49. The molecule has 0 amide bonds. The minimum atomic E-state index is -0.667. The van der Waals surface area contributed by atoms with Crippen molar-refractivity contribution in [3.8, 4) is 0 Å². The van der Waals surface area contributed by atoms with Crippen LogP contribution in [0, 0.1) is 0 Å². The Hall–Kier alpha value is -1.84. The average Bonchev–Trinajstić information content (AvgIpc) is 2.37. The molecule has 0 atom stereocenters. The Morgan fingerprint density at radius 3 is 2.28 bits per heavy atom. The number of esters is 2. The molecule has 0 heterocycles. The van der Waals surface area contributed by atoms with Gasteiger partial charge in [-0.05, 0) is 24.5 Å². The highest BCUT2D eigenvalue weighted by atomic mass is 16.5. The molecule has 1 fully saturated rings. The minimum Gasteiger partial charge on any atom is -0.468 e. The van der Waals surface area contributed by atoms with E-state index in [4.69, 9.17) is 9.47 Å². The van der Waals surface area contributed by atoms with Crippen molar-refractivity contribution in [2.45, 2.75) is 24.7 Å². The van der Waals surface area contributed by atoms with Crippen LogP contribution < -0.4 is 0 Å². The van der Waals surface area contributed by atoms with Crippen LogP contribution in [0.25, 0.3) is 0 Å². The summed E-state index contributed by atoms with van der Waals surface area (Å²) in [7, 11) is 2.72. The molecule has 0 saturated heterocycles. The Morgan fingerprint density at radius 2 is 1.78 bits per heavy atom. The maximum atomic E-state index is 12.0. The number of rotatable bonds is 3. The minimum absolute atomic E-state index is 0.273. The highest BCUT2D eigenvalue weighted by molar-refractivity contribution is 5.95. The molecular formula is C14H16O4. The van der Waals surface area contributed by atoms with Crippen molar-refractivity contribution in [1.29, 1.82) is 0 Å². The van der Waals surface area contributed by atoms with Crippen molar-refractivity contribution in [3.63, 3.8) is 0 Å². The predicted molar refractivity (Wildman–Crippen MR) is 65.3 cm³/mol.